The molecule has 0 aliphatic carbocycles. The molecule has 0 radical (unpaired) electrons. The summed E-state index contributed by atoms with van der Waals surface area (Å²) < 4.78 is 0. The van der Waals surface area contributed by atoms with Crippen LogP contribution in [0, 0.1) is 10.1 Å². The molecule has 0 saturated carbocycles. The van der Waals surface area contributed by atoms with E-state index >= 15 is 0 Å². The highest BCUT2D eigenvalue weighted by Gasteiger charge is 2.27. The number of nitro groups is 1. The standard InChI is InChI=1S/C14H21N3O3/c1-14(18)5-7-16(8-6-14)10-11-9-12(17(19)20)3-4-13(11)15-2/h3-4,9,15,18H,5-8,10H2,1-2H3. The van der Waals surface area contributed by atoms with Crippen molar-refractivity contribution in [3.05, 3.63) is 33.9 Å². The molecule has 20 heavy (non-hydrogen) atoms. The van der Waals surface area contributed by atoms with Gasteiger partial charge in [-0.15, -0.1) is 0 Å². The van der Waals surface area contributed by atoms with Gasteiger partial charge >= 0.3 is 0 Å². The van der Waals surface area contributed by atoms with Gasteiger partial charge in [-0.1, -0.05) is 0 Å². The van der Waals surface area contributed by atoms with E-state index in [2.05, 4.69) is 10.2 Å². The number of nitrogens with zero attached hydrogens (tertiary/aromatic N) is 2. The van der Waals surface area contributed by atoms with E-state index in [9.17, 15) is 15.2 Å². The van der Waals surface area contributed by atoms with Crippen LogP contribution in [0.4, 0.5) is 11.4 Å². The van der Waals surface area contributed by atoms with Gasteiger partial charge in [-0.2, -0.15) is 0 Å². The average Bonchev–Trinajstić information content (AvgIpc) is 2.41. The quantitative estimate of drug-likeness (QED) is 0.651. The van der Waals surface area contributed by atoms with Crippen LogP contribution >= 0.6 is 0 Å². The van der Waals surface area contributed by atoms with Gasteiger partial charge in [0.1, 0.15) is 0 Å². The Kier molecular flexibility index (Phi) is 4.25. The molecule has 1 saturated heterocycles. The highest BCUT2D eigenvalue weighted by molar-refractivity contribution is 5.55. The molecule has 1 aliphatic rings. The Morgan fingerprint density at radius 3 is 2.65 bits per heavy atom. The predicted octanol–water partition coefficient (Wildman–Crippen LogP) is 1.98. The molecule has 0 bridgehead atoms. The van der Waals surface area contributed by atoms with Crippen LogP contribution in [0.2, 0.25) is 0 Å². The highest BCUT2D eigenvalue weighted by atomic mass is 16.6. The van der Waals surface area contributed by atoms with E-state index in [1.807, 2.05) is 14.0 Å². The predicted molar refractivity (Wildman–Crippen MR) is 77.8 cm³/mol. The number of nitro benzene ring substituents is 1. The van der Waals surface area contributed by atoms with Crippen LogP contribution in [0.15, 0.2) is 18.2 Å². The third kappa shape index (κ3) is 3.46. The van der Waals surface area contributed by atoms with Crippen LogP contribution in [0.1, 0.15) is 25.3 Å². The van der Waals surface area contributed by atoms with Crippen molar-refractivity contribution in [1.82, 2.24) is 4.90 Å². The first-order valence-electron chi connectivity index (χ1n) is 6.81. The van der Waals surface area contributed by atoms with Gasteiger partial charge in [0.15, 0.2) is 0 Å². The van der Waals surface area contributed by atoms with Gasteiger partial charge < -0.3 is 10.4 Å². The molecular weight excluding hydrogens is 258 g/mol. The molecule has 1 aromatic rings. The second kappa shape index (κ2) is 5.76. The largest absolute Gasteiger partial charge is 0.390 e. The summed E-state index contributed by atoms with van der Waals surface area (Å²) >= 11 is 0. The smallest absolute Gasteiger partial charge is 0.269 e. The minimum Gasteiger partial charge on any atom is -0.390 e. The Balaban J connectivity index is 2.12. The van der Waals surface area contributed by atoms with Crippen LogP contribution in [0.5, 0.6) is 0 Å². The molecule has 1 aliphatic heterocycles. The Labute approximate surface area is 118 Å². The van der Waals surface area contributed by atoms with Crippen molar-refractivity contribution >= 4 is 11.4 Å². The van der Waals surface area contributed by atoms with E-state index in [1.54, 1.807) is 12.1 Å². The van der Waals surface area contributed by atoms with E-state index in [-0.39, 0.29) is 10.6 Å². The summed E-state index contributed by atoms with van der Waals surface area (Å²) in [4.78, 5) is 12.7. The van der Waals surface area contributed by atoms with Gasteiger partial charge in [-0.05, 0) is 31.4 Å². The molecular formula is C14H21N3O3. The molecule has 0 spiro atoms. The minimum absolute atomic E-state index is 0.114. The third-order valence-corrected chi connectivity index (χ3v) is 3.90. The number of hydrogen-bond donors (Lipinski definition) is 2. The summed E-state index contributed by atoms with van der Waals surface area (Å²) in [6, 6.07) is 4.88. The van der Waals surface area contributed by atoms with Crippen molar-refractivity contribution in [2.24, 2.45) is 0 Å². The molecule has 6 heteroatoms. The van der Waals surface area contributed by atoms with Crippen molar-refractivity contribution in [2.75, 3.05) is 25.5 Å². The number of anilines is 1. The molecule has 0 aromatic heterocycles. The van der Waals surface area contributed by atoms with Gasteiger partial charge in [-0.25, -0.2) is 0 Å². The molecule has 1 aromatic carbocycles. The monoisotopic (exact) mass is 279 g/mol. The zero-order valence-electron chi connectivity index (χ0n) is 11.9. The van der Waals surface area contributed by atoms with Crippen LogP contribution in [0.25, 0.3) is 0 Å². The number of rotatable bonds is 4. The molecule has 1 heterocycles. The second-order valence-corrected chi connectivity index (χ2v) is 5.62. The second-order valence-electron chi connectivity index (χ2n) is 5.62. The van der Waals surface area contributed by atoms with Gasteiger partial charge in [0.25, 0.3) is 5.69 Å². The van der Waals surface area contributed by atoms with E-state index in [1.165, 1.54) is 6.07 Å². The summed E-state index contributed by atoms with van der Waals surface area (Å²) in [6.07, 6.45) is 1.47. The van der Waals surface area contributed by atoms with E-state index < -0.39 is 5.60 Å². The molecule has 0 atom stereocenters. The van der Waals surface area contributed by atoms with Crippen LogP contribution in [-0.4, -0.2) is 40.7 Å². The first kappa shape index (κ1) is 14.7. The number of piperidine rings is 1. The van der Waals surface area contributed by atoms with Gasteiger partial charge in [-0.3, -0.25) is 15.0 Å². The van der Waals surface area contributed by atoms with E-state index in [0.29, 0.717) is 6.54 Å². The van der Waals surface area contributed by atoms with Gasteiger partial charge in [0.05, 0.1) is 10.5 Å². The SMILES string of the molecule is CNc1ccc([N+](=O)[O-])cc1CN1CCC(C)(O)CC1. The molecule has 1 fully saturated rings. The Morgan fingerprint density at radius 2 is 2.10 bits per heavy atom. The van der Waals surface area contributed by atoms with E-state index in [0.717, 1.165) is 37.2 Å². The lowest BCUT2D eigenvalue weighted by Crippen LogP contribution is -2.42. The molecule has 110 valence electrons. The number of non-ortho nitro benzene ring substituents is 1. The summed E-state index contributed by atoms with van der Waals surface area (Å²) in [5.41, 5.74) is 1.37. The molecule has 0 amide bonds. The van der Waals surface area contributed by atoms with Crippen molar-refractivity contribution in [3.8, 4) is 0 Å². The van der Waals surface area contributed by atoms with Gasteiger partial charge in [0.2, 0.25) is 0 Å². The average molecular weight is 279 g/mol. The lowest BCUT2D eigenvalue weighted by Gasteiger charge is -2.36. The van der Waals surface area contributed by atoms with Crippen molar-refractivity contribution in [2.45, 2.75) is 31.9 Å². The van der Waals surface area contributed by atoms with Crippen molar-refractivity contribution in [3.63, 3.8) is 0 Å². The maximum absolute atomic E-state index is 10.9. The Morgan fingerprint density at radius 1 is 1.45 bits per heavy atom. The number of likely N-dealkylation sites (tertiary alicyclic amines) is 1. The fraction of sp³-hybridized carbons (Fsp3) is 0.571. The minimum atomic E-state index is -0.578. The van der Waals surface area contributed by atoms with Crippen LogP contribution < -0.4 is 5.32 Å². The summed E-state index contributed by atoms with van der Waals surface area (Å²) in [5, 5.41) is 23.9. The number of benzene rings is 1. The zero-order valence-corrected chi connectivity index (χ0v) is 11.9. The Bertz CT molecular complexity index is 492. The Hall–Kier alpha value is -1.66. The normalized spacial score (nSPS) is 18.8. The van der Waals surface area contributed by atoms with E-state index in [4.69, 9.17) is 0 Å². The van der Waals surface area contributed by atoms with Crippen molar-refractivity contribution < 1.29 is 10.0 Å². The maximum Gasteiger partial charge on any atom is 0.269 e. The summed E-state index contributed by atoms with van der Waals surface area (Å²) in [6.45, 7) is 4.13. The lowest BCUT2D eigenvalue weighted by molar-refractivity contribution is -0.384. The molecule has 2 N–H and O–H groups in total. The topological polar surface area (TPSA) is 78.6 Å². The summed E-state index contributed by atoms with van der Waals surface area (Å²) in [7, 11) is 1.81. The fourth-order valence-electron chi connectivity index (χ4n) is 2.50. The first-order chi connectivity index (χ1) is 9.41. The van der Waals surface area contributed by atoms with Crippen molar-refractivity contribution in [1.29, 1.82) is 0 Å². The fourth-order valence-corrected chi connectivity index (χ4v) is 2.50. The number of aliphatic hydroxyl groups is 1. The number of hydrogen-bond acceptors (Lipinski definition) is 5. The zero-order chi connectivity index (χ0) is 14.8. The number of nitrogens with one attached hydrogen (secondary N) is 1. The highest BCUT2D eigenvalue weighted by Crippen LogP contribution is 2.26. The van der Waals surface area contributed by atoms with Crippen LogP contribution in [-0.2, 0) is 6.54 Å². The third-order valence-electron chi connectivity index (χ3n) is 3.90. The molecule has 2 rings (SSSR count). The summed E-state index contributed by atoms with van der Waals surface area (Å²) in [5.74, 6) is 0. The van der Waals surface area contributed by atoms with Gasteiger partial charge in [0, 0.05) is 44.5 Å². The molecule has 6 nitrogen and oxygen atoms in total. The van der Waals surface area contributed by atoms with Crippen LogP contribution in [0.3, 0.4) is 0 Å². The maximum atomic E-state index is 10.9. The molecule has 0 unspecified atom stereocenters. The lowest BCUT2D eigenvalue weighted by atomic mass is 9.93. The first-order valence-corrected chi connectivity index (χ1v) is 6.81.